The average Bonchev–Trinajstić information content (AvgIpc) is 2.74. The normalized spacial score (nSPS) is 20.7. The van der Waals surface area contributed by atoms with E-state index >= 15 is 0 Å². The number of amides is 1. The number of nitrogens with one attached hydrogen (secondary N) is 1. The standard InChI is InChI=1S/C11H18N2O4/c1-6(2)7(3)5-12-10(14)9-4-8(11(15)16)13-17-9/h6-7,9H,4-5H2,1-3H3,(H,12,14)(H,15,16). The van der Waals surface area contributed by atoms with E-state index in [1.165, 1.54) is 0 Å². The number of carbonyl (C=O) groups is 2. The van der Waals surface area contributed by atoms with E-state index in [1.54, 1.807) is 0 Å². The molecule has 96 valence electrons. The largest absolute Gasteiger partial charge is 0.477 e. The van der Waals surface area contributed by atoms with Crippen molar-refractivity contribution in [2.24, 2.45) is 17.0 Å². The van der Waals surface area contributed by atoms with E-state index in [2.05, 4.69) is 24.3 Å². The molecule has 0 aromatic heterocycles. The molecule has 0 saturated heterocycles. The van der Waals surface area contributed by atoms with Gasteiger partial charge < -0.3 is 15.3 Å². The third-order valence-corrected chi connectivity index (χ3v) is 2.94. The summed E-state index contributed by atoms with van der Waals surface area (Å²) in [5.74, 6) is -0.612. The van der Waals surface area contributed by atoms with E-state index in [1.807, 2.05) is 6.92 Å². The summed E-state index contributed by atoms with van der Waals surface area (Å²) in [5, 5.41) is 14.8. The van der Waals surface area contributed by atoms with Crippen LogP contribution in [0.2, 0.25) is 0 Å². The molecule has 1 rings (SSSR count). The summed E-state index contributed by atoms with van der Waals surface area (Å²) in [6.07, 6.45) is -0.780. The smallest absolute Gasteiger partial charge is 0.353 e. The molecule has 1 heterocycles. The van der Waals surface area contributed by atoms with Gasteiger partial charge in [-0.1, -0.05) is 25.9 Å². The number of oxime groups is 1. The topological polar surface area (TPSA) is 88.0 Å². The molecule has 0 aliphatic carbocycles. The quantitative estimate of drug-likeness (QED) is 0.740. The number of nitrogens with zero attached hydrogens (tertiary/aromatic N) is 1. The zero-order valence-corrected chi connectivity index (χ0v) is 10.3. The second-order valence-corrected chi connectivity index (χ2v) is 4.61. The Balaban J connectivity index is 2.34. The van der Waals surface area contributed by atoms with Crippen molar-refractivity contribution >= 4 is 17.6 Å². The number of carbonyl (C=O) groups excluding carboxylic acids is 1. The zero-order chi connectivity index (χ0) is 13.0. The fourth-order valence-electron chi connectivity index (χ4n) is 1.26. The molecule has 1 amide bonds. The molecule has 0 radical (unpaired) electrons. The Labute approximate surface area is 100 Å². The molecule has 1 aliphatic heterocycles. The molecule has 6 nitrogen and oxygen atoms in total. The molecule has 0 fully saturated rings. The Bertz CT molecular complexity index is 338. The maximum atomic E-state index is 11.6. The summed E-state index contributed by atoms with van der Waals surface area (Å²) >= 11 is 0. The van der Waals surface area contributed by atoms with E-state index in [0.29, 0.717) is 18.4 Å². The monoisotopic (exact) mass is 242 g/mol. The maximum absolute atomic E-state index is 11.6. The van der Waals surface area contributed by atoms with Crippen molar-refractivity contribution in [1.29, 1.82) is 0 Å². The van der Waals surface area contributed by atoms with E-state index in [9.17, 15) is 9.59 Å². The molecule has 0 spiro atoms. The van der Waals surface area contributed by atoms with Crippen LogP contribution in [0.1, 0.15) is 27.2 Å². The van der Waals surface area contributed by atoms with Crippen LogP contribution in [0.5, 0.6) is 0 Å². The molecule has 1 aliphatic rings. The molecule has 0 aromatic carbocycles. The average molecular weight is 242 g/mol. The van der Waals surface area contributed by atoms with Gasteiger partial charge in [-0.25, -0.2) is 4.79 Å². The Morgan fingerprint density at radius 2 is 2.18 bits per heavy atom. The van der Waals surface area contributed by atoms with Gasteiger partial charge in [0, 0.05) is 13.0 Å². The lowest BCUT2D eigenvalue weighted by Gasteiger charge is -2.17. The summed E-state index contributed by atoms with van der Waals surface area (Å²) in [6, 6.07) is 0. The van der Waals surface area contributed by atoms with Crippen LogP contribution in [0, 0.1) is 11.8 Å². The lowest BCUT2D eigenvalue weighted by molar-refractivity contribution is -0.131. The fourth-order valence-corrected chi connectivity index (χ4v) is 1.26. The van der Waals surface area contributed by atoms with Crippen molar-refractivity contribution in [2.75, 3.05) is 6.54 Å². The molecule has 2 atom stereocenters. The summed E-state index contributed by atoms with van der Waals surface area (Å²) in [5.41, 5.74) is -0.109. The lowest BCUT2D eigenvalue weighted by Crippen LogP contribution is -2.38. The molecule has 0 aromatic rings. The summed E-state index contributed by atoms with van der Waals surface area (Å²) in [4.78, 5) is 27.0. The van der Waals surface area contributed by atoms with E-state index in [0.717, 1.165) is 0 Å². The van der Waals surface area contributed by atoms with Gasteiger partial charge in [0.2, 0.25) is 6.10 Å². The van der Waals surface area contributed by atoms with Gasteiger partial charge in [-0.15, -0.1) is 0 Å². The fraction of sp³-hybridized carbons (Fsp3) is 0.727. The van der Waals surface area contributed by atoms with Crippen LogP contribution < -0.4 is 5.32 Å². The molecule has 0 bridgehead atoms. The number of aliphatic carboxylic acids is 1. The number of hydrogen-bond donors (Lipinski definition) is 2. The maximum Gasteiger partial charge on any atom is 0.353 e. The molecular weight excluding hydrogens is 224 g/mol. The highest BCUT2D eigenvalue weighted by Gasteiger charge is 2.31. The van der Waals surface area contributed by atoms with Gasteiger partial charge in [-0.3, -0.25) is 4.79 Å². The van der Waals surface area contributed by atoms with Crippen LogP contribution in [-0.4, -0.2) is 35.3 Å². The van der Waals surface area contributed by atoms with Gasteiger partial charge in [0.1, 0.15) is 0 Å². The van der Waals surface area contributed by atoms with Gasteiger partial charge in [-0.2, -0.15) is 0 Å². The van der Waals surface area contributed by atoms with Gasteiger partial charge in [0.15, 0.2) is 5.71 Å². The van der Waals surface area contributed by atoms with Crippen molar-refractivity contribution in [3.05, 3.63) is 0 Å². The second-order valence-electron chi connectivity index (χ2n) is 4.61. The molecular formula is C11H18N2O4. The Hall–Kier alpha value is -1.59. The molecule has 2 unspecified atom stereocenters. The summed E-state index contributed by atoms with van der Waals surface area (Å²) < 4.78 is 0. The van der Waals surface area contributed by atoms with Crippen molar-refractivity contribution in [3.63, 3.8) is 0 Å². The summed E-state index contributed by atoms with van der Waals surface area (Å²) in [6.45, 7) is 6.75. The van der Waals surface area contributed by atoms with Crippen molar-refractivity contribution in [2.45, 2.75) is 33.3 Å². The van der Waals surface area contributed by atoms with Crippen LogP contribution in [0.15, 0.2) is 5.16 Å². The number of carboxylic acids is 1. The first-order valence-corrected chi connectivity index (χ1v) is 5.65. The number of hydrogen-bond acceptors (Lipinski definition) is 4. The first-order valence-electron chi connectivity index (χ1n) is 5.65. The molecule has 6 heteroatoms. The Morgan fingerprint density at radius 1 is 1.53 bits per heavy atom. The number of carboxylic acid groups (broad SMARTS) is 1. The van der Waals surface area contributed by atoms with Crippen molar-refractivity contribution < 1.29 is 19.5 Å². The zero-order valence-electron chi connectivity index (χ0n) is 10.3. The highest BCUT2D eigenvalue weighted by Crippen LogP contribution is 2.12. The number of rotatable bonds is 5. The Kier molecular flexibility index (Phi) is 4.48. The van der Waals surface area contributed by atoms with E-state index < -0.39 is 12.1 Å². The van der Waals surface area contributed by atoms with Crippen LogP contribution >= 0.6 is 0 Å². The van der Waals surface area contributed by atoms with Crippen LogP contribution in [0.3, 0.4) is 0 Å². The minimum absolute atomic E-state index is 0.0250. The first-order chi connectivity index (χ1) is 7.91. The lowest BCUT2D eigenvalue weighted by atomic mass is 9.98. The van der Waals surface area contributed by atoms with Gasteiger partial charge in [0.25, 0.3) is 5.91 Å². The van der Waals surface area contributed by atoms with E-state index in [4.69, 9.17) is 9.94 Å². The SMILES string of the molecule is CC(C)C(C)CNC(=O)C1CC(C(=O)O)=NO1. The van der Waals surface area contributed by atoms with Crippen LogP contribution in [0.25, 0.3) is 0 Å². The van der Waals surface area contributed by atoms with Crippen molar-refractivity contribution in [3.8, 4) is 0 Å². The Morgan fingerprint density at radius 3 is 2.65 bits per heavy atom. The molecule has 17 heavy (non-hydrogen) atoms. The summed E-state index contributed by atoms with van der Waals surface area (Å²) in [7, 11) is 0. The molecule has 2 N–H and O–H groups in total. The minimum Gasteiger partial charge on any atom is -0.477 e. The van der Waals surface area contributed by atoms with Crippen LogP contribution in [0.4, 0.5) is 0 Å². The van der Waals surface area contributed by atoms with E-state index in [-0.39, 0.29) is 18.0 Å². The highest BCUT2D eigenvalue weighted by molar-refractivity contribution is 6.36. The third-order valence-electron chi connectivity index (χ3n) is 2.94. The van der Waals surface area contributed by atoms with Gasteiger partial charge in [-0.05, 0) is 11.8 Å². The second kappa shape index (κ2) is 5.65. The predicted octanol–water partition coefficient (Wildman–Crippen LogP) is 0.624. The minimum atomic E-state index is -1.14. The van der Waals surface area contributed by atoms with Crippen molar-refractivity contribution in [1.82, 2.24) is 5.32 Å². The highest BCUT2D eigenvalue weighted by atomic mass is 16.6. The van der Waals surface area contributed by atoms with Crippen LogP contribution in [-0.2, 0) is 14.4 Å². The van der Waals surface area contributed by atoms with Gasteiger partial charge >= 0.3 is 5.97 Å². The third kappa shape index (κ3) is 3.72. The van der Waals surface area contributed by atoms with Gasteiger partial charge in [0.05, 0.1) is 0 Å². The first kappa shape index (κ1) is 13.5. The predicted molar refractivity (Wildman–Crippen MR) is 61.6 cm³/mol. The molecule has 0 saturated carbocycles.